The molecule has 4 aromatic rings. The number of hydrogen-bond acceptors (Lipinski definition) is 10. The Kier molecular flexibility index (Phi) is 7.87. The molecule has 1 aliphatic rings. The van der Waals surface area contributed by atoms with E-state index in [4.69, 9.17) is 13.9 Å². The standard InChI is InChI=1S/C27H23BrN4O5S2/c1-14(2)36-24(34)21-15(3)31-27-32(22(21)16-7-5-8-17(11-16)35-4)23(33)20(38-27)13-18-12-19(28)25(37-18)39-26-29-9-6-10-30-26/h5-14,22H,1-4H3/b20-13-/t22-/m0/s1. The van der Waals surface area contributed by atoms with Crippen LogP contribution in [-0.4, -0.2) is 33.7 Å². The summed E-state index contributed by atoms with van der Waals surface area (Å²) < 4.78 is 19.6. The Morgan fingerprint density at radius 3 is 2.72 bits per heavy atom. The first-order valence-electron chi connectivity index (χ1n) is 11.9. The number of aromatic nitrogens is 3. The number of furan rings is 1. The molecule has 0 fully saturated rings. The topological polar surface area (TPSA) is 109 Å². The van der Waals surface area contributed by atoms with Crippen molar-refractivity contribution in [1.29, 1.82) is 0 Å². The van der Waals surface area contributed by atoms with Crippen LogP contribution >= 0.6 is 39.0 Å². The molecule has 0 unspecified atom stereocenters. The maximum Gasteiger partial charge on any atom is 0.338 e. The molecule has 0 N–H and O–H groups in total. The molecule has 5 rings (SSSR count). The molecule has 1 aliphatic heterocycles. The van der Waals surface area contributed by atoms with E-state index in [-0.39, 0.29) is 11.7 Å². The fourth-order valence-corrected chi connectivity index (χ4v) is 6.31. The average molecular weight is 628 g/mol. The van der Waals surface area contributed by atoms with Crippen molar-refractivity contribution in [2.45, 2.75) is 43.2 Å². The summed E-state index contributed by atoms with van der Waals surface area (Å²) in [4.78, 5) is 40.6. The van der Waals surface area contributed by atoms with Crippen molar-refractivity contribution in [1.82, 2.24) is 14.5 Å². The second kappa shape index (κ2) is 11.3. The molecule has 200 valence electrons. The lowest BCUT2D eigenvalue weighted by atomic mass is 9.95. The maximum atomic E-state index is 13.8. The molecule has 0 saturated heterocycles. The van der Waals surface area contributed by atoms with E-state index in [1.807, 2.05) is 18.2 Å². The van der Waals surface area contributed by atoms with Gasteiger partial charge in [-0.05, 0) is 78.3 Å². The third kappa shape index (κ3) is 5.63. The highest BCUT2D eigenvalue weighted by molar-refractivity contribution is 9.10. The lowest BCUT2D eigenvalue weighted by Gasteiger charge is -2.25. The molecule has 3 aromatic heterocycles. The quantitative estimate of drug-likeness (QED) is 0.218. The van der Waals surface area contributed by atoms with Crippen LogP contribution < -0.4 is 19.6 Å². The molecule has 0 spiro atoms. The fourth-order valence-electron chi connectivity index (χ4n) is 4.05. The smallest absolute Gasteiger partial charge is 0.338 e. The Morgan fingerprint density at radius 1 is 1.23 bits per heavy atom. The van der Waals surface area contributed by atoms with E-state index in [1.54, 1.807) is 64.5 Å². The third-order valence-corrected chi connectivity index (χ3v) is 8.38. The summed E-state index contributed by atoms with van der Waals surface area (Å²) in [5.41, 5.74) is 1.19. The molecule has 39 heavy (non-hydrogen) atoms. The first-order valence-corrected chi connectivity index (χ1v) is 14.3. The van der Waals surface area contributed by atoms with E-state index in [0.717, 1.165) is 0 Å². The minimum absolute atomic E-state index is 0.304. The minimum atomic E-state index is -0.741. The number of esters is 1. The van der Waals surface area contributed by atoms with Crippen LogP contribution in [0.25, 0.3) is 6.08 Å². The Labute approximate surface area is 240 Å². The SMILES string of the molecule is COc1cccc([C@H]2C(C(=O)OC(C)C)=C(C)N=c3s/c(=C\c4cc(Br)c(Sc5ncccn5)o4)c(=O)n32)c1. The van der Waals surface area contributed by atoms with Gasteiger partial charge in [0, 0.05) is 18.5 Å². The van der Waals surface area contributed by atoms with Crippen LogP contribution in [-0.2, 0) is 9.53 Å². The summed E-state index contributed by atoms with van der Waals surface area (Å²) in [5.74, 6) is 0.556. The van der Waals surface area contributed by atoms with Gasteiger partial charge >= 0.3 is 5.97 Å². The molecule has 0 bridgehead atoms. The number of rotatable bonds is 7. The van der Waals surface area contributed by atoms with Gasteiger partial charge in [-0.3, -0.25) is 9.36 Å². The molecule has 0 radical (unpaired) electrons. The molecule has 0 aliphatic carbocycles. The Balaban J connectivity index is 1.62. The lowest BCUT2D eigenvalue weighted by molar-refractivity contribution is -0.143. The number of benzene rings is 1. The number of carbonyl (C=O) groups is 1. The summed E-state index contributed by atoms with van der Waals surface area (Å²) in [5, 5.41) is 1.09. The largest absolute Gasteiger partial charge is 0.497 e. The average Bonchev–Trinajstić information content (AvgIpc) is 3.41. The number of carbonyl (C=O) groups excluding carboxylic acids is 1. The number of halogens is 1. The van der Waals surface area contributed by atoms with Gasteiger partial charge in [0.25, 0.3) is 5.56 Å². The van der Waals surface area contributed by atoms with E-state index >= 15 is 0 Å². The van der Waals surface area contributed by atoms with Gasteiger partial charge in [-0.1, -0.05) is 23.5 Å². The van der Waals surface area contributed by atoms with Crippen molar-refractivity contribution in [2.24, 2.45) is 4.99 Å². The van der Waals surface area contributed by atoms with Crippen LogP contribution in [0.4, 0.5) is 0 Å². The molecule has 9 nitrogen and oxygen atoms in total. The zero-order chi connectivity index (χ0) is 27.7. The van der Waals surface area contributed by atoms with Crippen LogP contribution in [0.2, 0.25) is 0 Å². The Hall–Kier alpha value is -3.48. The van der Waals surface area contributed by atoms with E-state index in [0.29, 0.717) is 52.4 Å². The summed E-state index contributed by atoms with van der Waals surface area (Å²) >= 11 is 5.99. The zero-order valence-corrected chi connectivity index (χ0v) is 24.6. The van der Waals surface area contributed by atoms with Gasteiger partial charge in [0.05, 0.1) is 39.5 Å². The van der Waals surface area contributed by atoms with Crippen molar-refractivity contribution in [3.05, 3.63) is 95.5 Å². The molecule has 4 heterocycles. The number of allylic oxidation sites excluding steroid dienone is 1. The van der Waals surface area contributed by atoms with E-state index in [2.05, 4.69) is 30.9 Å². The van der Waals surface area contributed by atoms with Gasteiger partial charge in [-0.2, -0.15) is 0 Å². The summed E-state index contributed by atoms with van der Waals surface area (Å²) in [6.07, 6.45) is 4.64. The molecular weight excluding hydrogens is 604 g/mol. The third-order valence-electron chi connectivity index (χ3n) is 5.67. The molecule has 1 aromatic carbocycles. The summed E-state index contributed by atoms with van der Waals surface area (Å²) in [7, 11) is 1.57. The maximum absolute atomic E-state index is 13.8. The predicted molar refractivity (Wildman–Crippen MR) is 151 cm³/mol. The first-order chi connectivity index (χ1) is 18.7. The Bertz CT molecular complexity index is 1760. The van der Waals surface area contributed by atoms with Gasteiger partial charge in [0.1, 0.15) is 11.5 Å². The van der Waals surface area contributed by atoms with Crippen LogP contribution in [0.1, 0.15) is 38.1 Å². The molecular formula is C27H23BrN4O5S2. The highest BCUT2D eigenvalue weighted by atomic mass is 79.9. The van der Waals surface area contributed by atoms with Crippen LogP contribution in [0.15, 0.2) is 89.0 Å². The number of ether oxygens (including phenoxy) is 2. The molecule has 1 atom stereocenters. The van der Waals surface area contributed by atoms with E-state index < -0.39 is 12.0 Å². The summed E-state index contributed by atoms with van der Waals surface area (Å²) in [6.45, 7) is 5.31. The van der Waals surface area contributed by atoms with Crippen molar-refractivity contribution in [3.8, 4) is 5.75 Å². The molecule has 0 saturated carbocycles. The second-order valence-corrected chi connectivity index (χ2v) is 11.5. The van der Waals surface area contributed by atoms with Gasteiger partial charge in [0.2, 0.25) is 0 Å². The van der Waals surface area contributed by atoms with Crippen LogP contribution in [0, 0.1) is 0 Å². The minimum Gasteiger partial charge on any atom is -0.497 e. The number of methoxy groups -OCH3 is 1. The number of hydrogen-bond donors (Lipinski definition) is 0. The first kappa shape index (κ1) is 27.1. The highest BCUT2D eigenvalue weighted by Crippen LogP contribution is 2.35. The van der Waals surface area contributed by atoms with Gasteiger partial charge < -0.3 is 13.9 Å². The van der Waals surface area contributed by atoms with Gasteiger partial charge in [-0.15, -0.1) is 0 Å². The molecule has 0 amide bonds. The number of thiazole rings is 1. The highest BCUT2D eigenvalue weighted by Gasteiger charge is 2.34. The van der Waals surface area contributed by atoms with Crippen molar-refractivity contribution in [3.63, 3.8) is 0 Å². The monoisotopic (exact) mass is 626 g/mol. The summed E-state index contributed by atoms with van der Waals surface area (Å²) in [6, 6.07) is 10.1. The van der Waals surface area contributed by atoms with Gasteiger partial charge in [-0.25, -0.2) is 19.8 Å². The number of fused-ring (bicyclic) bond motifs is 1. The Morgan fingerprint density at radius 2 is 2.00 bits per heavy atom. The molecule has 12 heteroatoms. The predicted octanol–water partition coefficient (Wildman–Crippen LogP) is 4.49. The van der Waals surface area contributed by atoms with E-state index in [1.165, 1.54) is 27.7 Å². The number of nitrogens with zero attached hydrogens (tertiary/aromatic N) is 4. The van der Waals surface area contributed by atoms with Crippen molar-refractivity contribution < 1.29 is 18.7 Å². The van der Waals surface area contributed by atoms with Crippen molar-refractivity contribution >= 4 is 51.1 Å². The zero-order valence-electron chi connectivity index (χ0n) is 21.4. The van der Waals surface area contributed by atoms with Crippen molar-refractivity contribution in [2.75, 3.05) is 7.11 Å². The van der Waals surface area contributed by atoms with Gasteiger partial charge in [0.15, 0.2) is 15.1 Å². The lowest BCUT2D eigenvalue weighted by Crippen LogP contribution is -2.40. The van der Waals surface area contributed by atoms with E-state index in [9.17, 15) is 9.59 Å². The van der Waals surface area contributed by atoms with Crippen LogP contribution in [0.3, 0.4) is 0 Å². The second-order valence-electron chi connectivity index (χ2n) is 8.73. The van der Waals surface area contributed by atoms with Crippen LogP contribution in [0.5, 0.6) is 5.75 Å². The fraction of sp³-hybridized carbons (Fsp3) is 0.222. The normalized spacial score (nSPS) is 15.3.